The molecular weight excluding hydrogens is 188 g/mol. The lowest BCUT2D eigenvalue weighted by molar-refractivity contribution is -0.152. The maximum Gasteiger partial charge on any atom is 0.330 e. The Bertz CT molecular complexity index is 223. The standard InChI is InChI=1S/C9H14O5/c1-3-9(13)14-8(4-6(2)11)7(12)5-10/h3,7-8,10,12H,1,4-5H2,2H3. The molecule has 0 fully saturated rings. The number of hydrogen-bond acceptors (Lipinski definition) is 5. The van der Waals surface area contributed by atoms with E-state index in [1.165, 1.54) is 6.92 Å². The molecule has 0 aliphatic heterocycles. The summed E-state index contributed by atoms with van der Waals surface area (Å²) in [6, 6.07) is 0. The van der Waals surface area contributed by atoms with E-state index in [-0.39, 0.29) is 12.2 Å². The molecule has 5 nitrogen and oxygen atoms in total. The Morgan fingerprint density at radius 3 is 2.50 bits per heavy atom. The highest BCUT2D eigenvalue weighted by Crippen LogP contribution is 2.06. The van der Waals surface area contributed by atoms with E-state index in [1.54, 1.807) is 0 Å². The van der Waals surface area contributed by atoms with Crippen LogP contribution in [0.4, 0.5) is 0 Å². The lowest BCUT2D eigenvalue weighted by atomic mass is 10.1. The topological polar surface area (TPSA) is 83.8 Å². The minimum atomic E-state index is -1.25. The molecule has 80 valence electrons. The zero-order valence-electron chi connectivity index (χ0n) is 7.97. The minimum absolute atomic E-state index is 0.124. The number of esters is 1. The fourth-order valence-electron chi connectivity index (χ4n) is 0.854. The van der Waals surface area contributed by atoms with E-state index in [4.69, 9.17) is 5.11 Å². The third-order valence-electron chi connectivity index (χ3n) is 1.54. The van der Waals surface area contributed by atoms with E-state index in [0.717, 1.165) is 6.08 Å². The predicted molar refractivity (Wildman–Crippen MR) is 48.5 cm³/mol. The monoisotopic (exact) mass is 202 g/mol. The number of rotatable bonds is 6. The van der Waals surface area contributed by atoms with E-state index in [1.807, 2.05) is 0 Å². The predicted octanol–water partition coefficient (Wildman–Crippen LogP) is -0.583. The molecule has 5 heteroatoms. The molecule has 0 amide bonds. The van der Waals surface area contributed by atoms with Crippen LogP contribution in [0.1, 0.15) is 13.3 Å². The summed E-state index contributed by atoms with van der Waals surface area (Å²) in [5.41, 5.74) is 0. The van der Waals surface area contributed by atoms with Crippen LogP contribution in [0.5, 0.6) is 0 Å². The Labute approximate surface area is 82.0 Å². The number of hydrogen-bond donors (Lipinski definition) is 2. The average molecular weight is 202 g/mol. The Kier molecular flexibility index (Phi) is 5.74. The molecule has 0 rings (SSSR count). The summed E-state index contributed by atoms with van der Waals surface area (Å²) in [5.74, 6) is -0.969. The molecule has 2 atom stereocenters. The highest BCUT2D eigenvalue weighted by Gasteiger charge is 2.23. The summed E-state index contributed by atoms with van der Waals surface area (Å²) < 4.78 is 4.68. The highest BCUT2D eigenvalue weighted by molar-refractivity contribution is 5.82. The van der Waals surface area contributed by atoms with Crippen LogP contribution in [0.15, 0.2) is 12.7 Å². The molecule has 0 aliphatic carbocycles. The van der Waals surface area contributed by atoms with Crippen LogP contribution in [-0.2, 0) is 14.3 Å². The van der Waals surface area contributed by atoms with Crippen molar-refractivity contribution in [2.45, 2.75) is 25.6 Å². The summed E-state index contributed by atoms with van der Waals surface area (Å²) in [7, 11) is 0. The molecule has 0 saturated heterocycles. The minimum Gasteiger partial charge on any atom is -0.456 e. The van der Waals surface area contributed by atoms with E-state index in [9.17, 15) is 14.7 Å². The fourth-order valence-corrected chi connectivity index (χ4v) is 0.854. The number of carbonyl (C=O) groups excluding carboxylic acids is 2. The second-order valence-electron chi connectivity index (χ2n) is 2.84. The summed E-state index contributed by atoms with van der Waals surface area (Å²) in [4.78, 5) is 21.5. The molecular formula is C9H14O5. The maximum absolute atomic E-state index is 10.8. The van der Waals surface area contributed by atoms with Gasteiger partial charge >= 0.3 is 5.97 Å². The van der Waals surface area contributed by atoms with Crippen LogP contribution in [-0.4, -0.2) is 40.8 Å². The molecule has 2 unspecified atom stereocenters. The lowest BCUT2D eigenvalue weighted by Gasteiger charge is -2.19. The van der Waals surface area contributed by atoms with Gasteiger partial charge in [0.25, 0.3) is 0 Å². The van der Waals surface area contributed by atoms with Gasteiger partial charge in [-0.1, -0.05) is 6.58 Å². The van der Waals surface area contributed by atoms with Gasteiger partial charge in [-0.15, -0.1) is 0 Å². The first-order valence-corrected chi connectivity index (χ1v) is 4.12. The summed E-state index contributed by atoms with van der Waals surface area (Å²) in [5, 5.41) is 17.8. The van der Waals surface area contributed by atoms with Gasteiger partial charge in [-0.05, 0) is 6.92 Å². The van der Waals surface area contributed by atoms with Gasteiger partial charge in [0, 0.05) is 12.5 Å². The van der Waals surface area contributed by atoms with Gasteiger partial charge in [0.15, 0.2) is 0 Å². The van der Waals surface area contributed by atoms with Crippen LogP contribution in [0, 0.1) is 0 Å². The van der Waals surface area contributed by atoms with E-state index < -0.39 is 24.8 Å². The first-order chi connectivity index (χ1) is 6.51. The largest absolute Gasteiger partial charge is 0.456 e. The summed E-state index contributed by atoms with van der Waals surface area (Å²) in [6.45, 7) is 3.91. The maximum atomic E-state index is 10.8. The van der Waals surface area contributed by atoms with E-state index in [0.29, 0.717) is 0 Å². The smallest absolute Gasteiger partial charge is 0.330 e. The Morgan fingerprint density at radius 1 is 1.57 bits per heavy atom. The molecule has 0 aromatic carbocycles. The van der Waals surface area contributed by atoms with Gasteiger partial charge in [-0.3, -0.25) is 4.79 Å². The second kappa shape index (κ2) is 6.28. The molecule has 0 bridgehead atoms. The van der Waals surface area contributed by atoms with Crippen LogP contribution < -0.4 is 0 Å². The van der Waals surface area contributed by atoms with Crippen LogP contribution in [0.3, 0.4) is 0 Å². The number of ether oxygens (including phenoxy) is 1. The molecule has 14 heavy (non-hydrogen) atoms. The van der Waals surface area contributed by atoms with Gasteiger partial charge in [0.1, 0.15) is 18.0 Å². The second-order valence-corrected chi connectivity index (χ2v) is 2.84. The van der Waals surface area contributed by atoms with Crippen LogP contribution in [0.25, 0.3) is 0 Å². The first-order valence-electron chi connectivity index (χ1n) is 4.12. The molecule has 0 aromatic rings. The SMILES string of the molecule is C=CC(=O)OC(CC(C)=O)C(O)CO. The first kappa shape index (κ1) is 12.8. The molecule has 0 aromatic heterocycles. The van der Waals surface area contributed by atoms with Crippen molar-refractivity contribution in [3.8, 4) is 0 Å². The summed E-state index contributed by atoms with van der Waals surface area (Å²) in [6.07, 6.45) is -1.45. The number of carbonyl (C=O) groups is 2. The normalized spacial score (nSPS) is 14.2. The highest BCUT2D eigenvalue weighted by atomic mass is 16.6. The van der Waals surface area contributed by atoms with Gasteiger partial charge in [-0.25, -0.2) is 4.79 Å². The molecule has 0 saturated carbocycles. The molecule has 0 aliphatic rings. The van der Waals surface area contributed by atoms with Crippen molar-refractivity contribution in [1.29, 1.82) is 0 Å². The lowest BCUT2D eigenvalue weighted by Crippen LogP contribution is -2.35. The van der Waals surface area contributed by atoms with Gasteiger partial charge in [0.05, 0.1) is 6.61 Å². The zero-order valence-corrected chi connectivity index (χ0v) is 7.97. The van der Waals surface area contributed by atoms with Crippen LogP contribution >= 0.6 is 0 Å². The third kappa shape index (κ3) is 4.74. The van der Waals surface area contributed by atoms with Crippen molar-refractivity contribution in [2.24, 2.45) is 0 Å². The fraction of sp³-hybridized carbons (Fsp3) is 0.556. The number of ketones is 1. The number of Topliss-reactive ketones (excluding diaryl/α,β-unsaturated/α-hetero) is 1. The Balaban J connectivity index is 4.30. The zero-order chi connectivity index (χ0) is 11.1. The number of aliphatic hydroxyl groups excluding tert-OH is 2. The molecule has 2 N–H and O–H groups in total. The van der Waals surface area contributed by atoms with Crippen molar-refractivity contribution >= 4 is 11.8 Å². The Hall–Kier alpha value is -1.20. The van der Waals surface area contributed by atoms with Gasteiger partial charge in [0.2, 0.25) is 0 Å². The average Bonchev–Trinajstić information content (AvgIpc) is 2.14. The molecule has 0 radical (unpaired) electrons. The molecule has 0 heterocycles. The van der Waals surface area contributed by atoms with Crippen molar-refractivity contribution in [2.75, 3.05) is 6.61 Å². The van der Waals surface area contributed by atoms with Crippen molar-refractivity contribution in [3.05, 3.63) is 12.7 Å². The van der Waals surface area contributed by atoms with E-state index >= 15 is 0 Å². The van der Waals surface area contributed by atoms with E-state index in [2.05, 4.69) is 11.3 Å². The van der Waals surface area contributed by atoms with Crippen molar-refractivity contribution in [1.82, 2.24) is 0 Å². The Morgan fingerprint density at radius 2 is 2.14 bits per heavy atom. The third-order valence-corrected chi connectivity index (χ3v) is 1.54. The number of aliphatic hydroxyl groups is 2. The molecule has 0 spiro atoms. The van der Waals surface area contributed by atoms with Crippen molar-refractivity contribution < 1.29 is 24.5 Å². The quantitative estimate of drug-likeness (QED) is 0.444. The summed E-state index contributed by atoms with van der Waals surface area (Å²) >= 11 is 0. The van der Waals surface area contributed by atoms with Gasteiger partial charge in [-0.2, -0.15) is 0 Å². The van der Waals surface area contributed by atoms with Crippen molar-refractivity contribution in [3.63, 3.8) is 0 Å². The van der Waals surface area contributed by atoms with Crippen LogP contribution in [0.2, 0.25) is 0 Å². The van der Waals surface area contributed by atoms with Gasteiger partial charge < -0.3 is 14.9 Å².